The summed E-state index contributed by atoms with van der Waals surface area (Å²) in [6, 6.07) is 5.06. The molecule has 0 atom stereocenters. The number of carbonyl (C=O) groups is 2. The maximum Gasteiger partial charge on any atom is 0.416 e. The van der Waals surface area contributed by atoms with Gasteiger partial charge in [-0.2, -0.15) is 13.2 Å². The molecule has 0 unspecified atom stereocenters. The van der Waals surface area contributed by atoms with E-state index in [0.717, 1.165) is 6.07 Å². The van der Waals surface area contributed by atoms with Crippen molar-refractivity contribution in [3.8, 4) is 0 Å². The van der Waals surface area contributed by atoms with Crippen LogP contribution in [0.1, 0.15) is 44.7 Å². The van der Waals surface area contributed by atoms with Crippen LogP contribution in [0.15, 0.2) is 24.3 Å². The number of likely N-dealkylation sites (tertiary alicyclic amines) is 1. The highest BCUT2D eigenvalue weighted by molar-refractivity contribution is 5.82. The van der Waals surface area contributed by atoms with Crippen molar-refractivity contribution in [2.45, 2.75) is 46.4 Å². The Labute approximate surface area is 151 Å². The molecule has 0 spiro atoms. The molecule has 0 N–H and O–H groups in total. The van der Waals surface area contributed by atoms with Crippen LogP contribution in [-0.4, -0.2) is 29.9 Å². The smallest absolute Gasteiger partial charge is 0.416 e. The van der Waals surface area contributed by atoms with Crippen LogP contribution >= 0.6 is 0 Å². The third kappa shape index (κ3) is 4.99. The van der Waals surface area contributed by atoms with Gasteiger partial charge in [-0.15, -0.1) is 0 Å². The second-order valence-electron chi connectivity index (χ2n) is 7.58. The third-order valence-electron chi connectivity index (χ3n) is 4.45. The molecule has 1 aliphatic rings. The molecule has 144 valence electrons. The summed E-state index contributed by atoms with van der Waals surface area (Å²) in [5.41, 5.74) is -1.33. The minimum absolute atomic E-state index is 0.0309. The van der Waals surface area contributed by atoms with Crippen LogP contribution < -0.4 is 0 Å². The molecule has 1 aromatic carbocycles. The quantitative estimate of drug-likeness (QED) is 0.754. The van der Waals surface area contributed by atoms with Crippen LogP contribution in [-0.2, 0) is 27.1 Å². The molecule has 1 heterocycles. The van der Waals surface area contributed by atoms with Gasteiger partial charge in [0.05, 0.1) is 11.5 Å². The van der Waals surface area contributed by atoms with Crippen LogP contribution in [0, 0.1) is 11.3 Å². The number of alkyl halides is 3. The fraction of sp³-hybridized carbons (Fsp3) is 0.579. The van der Waals surface area contributed by atoms with E-state index in [1.807, 2.05) is 20.8 Å². The molecule has 0 aliphatic carbocycles. The van der Waals surface area contributed by atoms with Crippen molar-refractivity contribution in [1.29, 1.82) is 0 Å². The zero-order chi connectivity index (χ0) is 19.5. The van der Waals surface area contributed by atoms with E-state index in [1.165, 1.54) is 18.2 Å². The van der Waals surface area contributed by atoms with Gasteiger partial charge in [0.2, 0.25) is 5.91 Å². The average molecular weight is 371 g/mol. The number of amides is 1. The monoisotopic (exact) mass is 371 g/mol. The summed E-state index contributed by atoms with van der Waals surface area (Å²) in [5.74, 6) is -0.870. The van der Waals surface area contributed by atoms with E-state index in [2.05, 4.69) is 0 Å². The Balaban J connectivity index is 1.90. The van der Waals surface area contributed by atoms with E-state index in [1.54, 1.807) is 4.90 Å². The molecule has 1 aromatic rings. The Morgan fingerprint density at radius 2 is 1.69 bits per heavy atom. The molecule has 2 rings (SSSR count). The summed E-state index contributed by atoms with van der Waals surface area (Å²) >= 11 is 0. The van der Waals surface area contributed by atoms with Gasteiger partial charge in [-0.25, -0.2) is 0 Å². The number of ether oxygens (including phenoxy) is 1. The lowest BCUT2D eigenvalue weighted by atomic mass is 9.91. The van der Waals surface area contributed by atoms with Crippen molar-refractivity contribution in [3.63, 3.8) is 0 Å². The molecule has 4 nitrogen and oxygen atoms in total. The van der Waals surface area contributed by atoms with Crippen molar-refractivity contribution in [1.82, 2.24) is 4.90 Å². The second kappa shape index (κ2) is 7.68. The number of benzene rings is 1. The first-order valence-electron chi connectivity index (χ1n) is 8.61. The zero-order valence-corrected chi connectivity index (χ0v) is 15.2. The molecular weight excluding hydrogens is 347 g/mol. The van der Waals surface area contributed by atoms with E-state index >= 15 is 0 Å². The van der Waals surface area contributed by atoms with Gasteiger partial charge in [0.1, 0.15) is 6.61 Å². The van der Waals surface area contributed by atoms with Crippen LogP contribution in [0.2, 0.25) is 0 Å². The number of nitrogens with zero attached hydrogens (tertiary/aromatic N) is 1. The first-order valence-corrected chi connectivity index (χ1v) is 8.61. The number of hydrogen-bond donors (Lipinski definition) is 0. The topological polar surface area (TPSA) is 46.6 Å². The molecule has 1 amide bonds. The molecule has 7 heteroatoms. The molecule has 0 aromatic heterocycles. The van der Waals surface area contributed by atoms with E-state index in [4.69, 9.17) is 4.74 Å². The summed E-state index contributed by atoms with van der Waals surface area (Å²) in [7, 11) is 0. The lowest BCUT2D eigenvalue weighted by molar-refractivity contribution is -0.155. The average Bonchev–Trinajstić information content (AvgIpc) is 2.58. The van der Waals surface area contributed by atoms with Gasteiger partial charge >= 0.3 is 12.1 Å². The summed E-state index contributed by atoms with van der Waals surface area (Å²) < 4.78 is 44.0. The maximum absolute atomic E-state index is 13.0. The van der Waals surface area contributed by atoms with Gasteiger partial charge in [-0.05, 0) is 18.9 Å². The molecule has 1 aliphatic heterocycles. The highest BCUT2D eigenvalue weighted by Crippen LogP contribution is 2.32. The molecule has 1 fully saturated rings. The van der Waals surface area contributed by atoms with Crippen molar-refractivity contribution in [2.75, 3.05) is 13.1 Å². The fourth-order valence-electron chi connectivity index (χ4n) is 2.98. The Hall–Kier alpha value is -2.05. The summed E-state index contributed by atoms with van der Waals surface area (Å²) in [6.07, 6.45) is -3.56. The number of carbonyl (C=O) groups excluding carboxylic acids is 2. The standard InChI is InChI=1S/C19H24F3NO3/c1-18(2,3)17(25)23-10-8-13(9-11-23)16(24)26-12-14-6-4-5-7-15(14)19(20,21)22/h4-7,13H,8-12H2,1-3H3. The van der Waals surface area contributed by atoms with E-state index in [9.17, 15) is 22.8 Å². The largest absolute Gasteiger partial charge is 0.461 e. The molecule has 26 heavy (non-hydrogen) atoms. The lowest BCUT2D eigenvalue weighted by Crippen LogP contribution is -2.45. The van der Waals surface area contributed by atoms with Crippen LogP contribution in [0.4, 0.5) is 13.2 Å². The Bertz CT molecular complexity index is 657. The van der Waals surface area contributed by atoms with Crippen molar-refractivity contribution in [3.05, 3.63) is 35.4 Å². The lowest BCUT2D eigenvalue weighted by Gasteiger charge is -2.35. The molecule has 0 saturated carbocycles. The first-order chi connectivity index (χ1) is 12.0. The molecule has 1 saturated heterocycles. The normalized spacial score (nSPS) is 16.5. The summed E-state index contributed by atoms with van der Waals surface area (Å²) in [4.78, 5) is 26.2. The van der Waals surface area contributed by atoms with Gasteiger partial charge < -0.3 is 9.64 Å². The number of hydrogen-bond acceptors (Lipinski definition) is 3. The summed E-state index contributed by atoms with van der Waals surface area (Å²) in [6.45, 7) is 6.02. The fourth-order valence-corrected chi connectivity index (χ4v) is 2.98. The molecule has 0 bridgehead atoms. The van der Waals surface area contributed by atoms with Crippen LogP contribution in [0.25, 0.3) is 0 Å². The number of esters is 1. The number of rotatable bonds is 3. The van der Waals surface area contributed by atoms with Crippen molar-refractivity contribution in [2.24, 2.45) is 11.3 Å². The molecule has 0 radical (unpaired) electrons. The van der Waals surface area contributed by atoms with Gasteiger partial charge in [0.25, 0.3) is 0 Å². The predicted octanol–water partition coefficient (Wildman–Crippen LogP) is 4.03. The zero-order valence-electron chi connectivity index (χ0n) is 15.2. The van der Waals surface area contributed by atoms with Crippen molar-refractivity contribution < 1.29 is 27.5 Å². The SMILES string of the molecule is CC(C)(C)C(=O)N1CCC(C(=O)OCc2ccccc2C(F)(F)F)CC1. The number of halogens is 3. The van der Waals surface area contributed by atoms with E-state index in [0.29, 0.717) is 25.9 Å². The van der Waals surface area contributed by atoms with Gasteiger partial charge in [-0.1, -0.05) is 39.0 Å². The van der Waals surface area contributed by atoms with E-state index < -0.39 is 35.6 Å². The number of piperidine rings is 1. The van der Waals surface area contributed by atoms with Gasteiger partial charge in [-0.3, -0.25) is 9.59 Å². The highest BCUT2D eigenvalue weighted by Gasteiger charge is 2.35. The van der Waals surface area contributed by atoms with Gasteiger partial charge in [0, 0.05) is 24.1 Å². The third-order valence-corrected chi connectivity index (χ3v) is 4.45. The van der Waals surface area contributed by atoms with Crippen LogP contribution in [0.3, 0.4) is 0 Å². The Morgan fingerprint density at radius 3 is 2.23 bits per heavy atom. The first kappa shape index (κ1) is 20.3. The highest BCUT2D eigenvalue weighted by atomic mass is 19.4. The summed E-state index contributed by atoms with van der Waals surface area (Å²) in [5, 5.41) is 0. The van der Waals surface area contributed by atoms with Crippen LogP contribution in [0.5, 0.6) is 0 Å². The van der Waals surface area contributed by atoms with Crippen molar-refractivity contribution >= 4 is 11.9 Å². The Morgan fingerprint density at radius 1 is 1.12 bits per heavy atom. The predicted molar refractivity (Wildman–Crippen MR) is 90.0 cm³/mol. The second-order valence-corrected chi connectivity index (χ2v) is 7.58. The maximum atomic E-state index is 13.0. The molecular formula is C19H24F3NO3. The minimum Gasteiger partial charge on any atom is -0.461 e. The van der Waals surface area contributed by atoms with Gasteiger partial charge in [0.15, 0.2) is 0 Å². The van der Waals surface area contributed by atoms with E-state index in [-0.39, 0.29) is 11.5 Å². The minimum atomic E-state index is -4.48. The Kier molecular flexibility index (Phi) is 5.98.